The van der Waals surface area contributed by atoms with Crippen molar-refractivity contribution in [2.45, 2.75) is 50.9 Å². The highest BCUT2D eigenvalue weighted by Crippen LogP contribution is 2.57. The predicted octanol–water partition coefficient (Wildman–Crippen LogP) is 3.88. The fraction of sp³-hybridized carbons (Fsp3) is 0.586. The number of esters is 1. The van der Waals surface area contributed by atoms with Gasteiger partial charge < -0.3 is 19.7 Å². The molecule has 6 nitrogen and oxygen atoms in total. The van der Waals surface area contributed by atoms with Gasteiger partial charge in [0.15, 0.2) is 5.78 Å². The Morgan fingerprint density at radius 1 is 1.11 bits per heavy atom. The zero-order valence-corrected chi connectivity index (χ0v) is 20.5. The number of ketones is 1. The number of Topliss-reactive ketones (excluding diaryl/α,β-unsaturated/α-hetero) is 1. The first kappa shape index (κ1) is 24.3. The lowest BCUT2D eigenvalue weighted by Crippen LogP contribution is -2.46. The van der Waals surface area contributed by atoms with E-state index < -0.39 is 30.0 Å². The van der Waals surface area contributed by atoms with Crippen LogP contribution in [0.4, 0.5) is 0 Å². The molecule has 2 fully saturated rings. The molecule has 0 unspecified atom stereocenters. The van der Waals surface area contributed by atoms with E-state index in [4.69, 9.17) is 9.47 Å². The summed E-state index contributed by atoms with van der Waals surface area (Å²) in [6.45, 7) is 6.30. The fourth-order valence-electron chi connectivity index (χ4n) is 7.40. The second kappa shape index (κ2) is 9.55. The Balaban J connectivity index is 1.65. The van der Waals surface area contributed by atoms with Crippen LogP contribution in [0.25, 0.3) is 0 Å². The van der Waals surface area contributed by atoms with Crippen LogP contribution in [0.5, 0.6) is 5.75 Å². The predicted molar refractivity (Wildman–Crippen MR) is 130 cm³/mol. The third-order valence-corrected chi connectivity index (χ3v) is 9.11. The molecule has 2 bridgehead atoms. The van der Waals surface area contributed by atoms with E-state index in [1.807, 2.05) is 12.1 Å². The lowest BCUT2D eigenvalue weighted by Gasteiger charge is -2.39. The summed E-state index contributed by atoms with van der Waals surface area (Å²) in [6, 6.07) is 7.14. The molecular weight excluding hydrogens is 444 g/mol. The molecule has 2 N–H and O–H groups in total. The molecule has 188 valence electrons. The number of hydrogen-bond acceptors (Lipinski definition) is 6. The molecule has 0 saturated heterocycles. The summed E-state index contributed by atoms with van der Waals surface area (Å²) in [4.78, 5) is 27.1. The van der Waals surface area contributed by atoms with E-state index in [2.05, 4.69) is 25.7 Å². The van der Waals surface area contributed by atoms with E-state index in [9.17, 15) is 19.8 Å². The Labute approximate surface area is 207 Å². The van der Waals surface area contributed by atoms with Crippen LogP contribution in [0.15, 0.2) is 49.1 Å². The number of carbonyl (C=O) groups excluding carboxylic acids is 2. The fourth-order valence-corrected chi connectivity index (χ4v) is 7.40. The van der Waals surface area contributed by atoms with Crippen molar-refractivity contribution >= 4 is 11.8 Å². The number of aliphatic hydroxyl groups excluding tert-OH is 2. The maximum atomic E-state index is 14.2. The van der Waals surface area contributed by atoms with Crippen molar-refractivity contribution in [3.05, 3.63) is 54.6 Å². The van der Waals surface area contributed by atoms with Gasteiger partial charge in [0.2, 0.25) is 0 Å². The average molecular weight is 481 g/mol. The van der Waals surface area contributed by atoms with Crippen molar-refractivity contribution in [2.75, 3.05) is 7.11 Å². The van der Waals surface area contributed by atoms with Gasteiger partial charge in [0, 0.05) is 17.8 Å². The highest BCUT2D eigenvalue weighted by Gasteiger charge is 2.59. The zero-order chi connectivity index (χ0) is 24.9. The third-order valence-electron chi connectivity index (χ3n) is 9.11. The molecule has 1 aromatic carbocycles. The molecule has 35 heavy (non-hydrogen) atoms. The van der Waals surface area contributed by atoms with E-state index in [1.54, 1.807) is 18.2 Å². The van der Waals surface area contributed by atoms with Crippen molar-refractivity contribution in [3.8, 4) is 5.75 Å². The molecule has 0 aromatic heterocycles. The first-order valence-electron chi connectivity index (χ1n) is 12.9. The zero-order valence-electron chi connectivity index (χ0n) is 20.5. The normalized spacial score (nSPS) is 42.5. The number of benzene rings is 1. The molecule has 3 aliphatic carbocycles. The third kappa shape index (κ3) is 4.15. The molecule has 5 aliphatic rings. The Morgan fingerprint density at radius 3 is 2.54 bits per heavy atom. The maximum Gasteiger partial charge on any atom is 0.316 e. The average Bonchev–Trinajstić information content (AvgIpc) is 3.17. The molecule has 0 spiro atoms. The molecule has 0 amide bonds. The van der Waals surface area contributed by atoms with Gasteiger partial charge in [-0.3, -0.25) is 9.59 Å². The van der Waals surface area contributed by atoms with Crippen molar-refractivity contribution in [2.24, 2.45) is 47.3 Å². The second-order valence-corrected chi connectivity index (χ2v) is 11.0. The largest absolute Gasteiger partial charge is 0.490 e. The van der Waals surface area contributed by atoms with Crippen LogP contribution >= 0.6 is 0 Å². The van der Waals surface area contributed by atoms with Crippen molar-refractivity contribution in [1.29, 1.82) is 0 Å². The van der Waals surface area contributed by atoms with E-state index in [0.717, 1.165) is 19.3 Å². The molecular formula is C29H36O6. The maximum absolute atomic E-state index is 14.2. The molecule has 11 atom stereocenters. The van der Waals surface area contributed by atoms with Gasteiger partial charge in [-0.1, -0.05) is 43.7 Å². The standard InChI is InChI=1S/C29H36O6/c1-4-16-8-12-19-21-13-15(2)5-11-20(21)28-25(19)24(16)27(32)22(29(33)34-3)14-23(30)26(31)17-6-9-18(35-28)10-7-17/h4,6-10,12,15-16,19-26,28,30-31H,1,5,11,13-14H2,2-3H3/t15-,16+,19+,20-,21+,22-,23+,24+,25+,26-,28+/m1/s1. The summed E-state index contributed by atoms with van der Waals surface area (Å²) in [5.74, 6) is -0.736. The number of fused-ring (bicyclic) bond motifs is 8. The molecule has 1 aromatic rings. The van der Waals surface area contributed by atoms with Crippen LogP contribution in [-0.4, -0.2) is 41.3 Å². The van der Waals surface area contributed by atoms with Crippen molar-refractivity contribution in [1.82, 2.24) is 0 Å². The summed E-state index contributed by atoms with van der Waals surface area (Å²) in [7, 11) is 1.25. The van der Waals surface area contributed by atoms with E-state index >= 15 is 0 Å². The highest BCUT2D eigenvalue weighted by molar-refractivity contribution is 6.00. The molecule has 0 radical (unpaired) electrons. The highest BCUT2D eigenvalue weighted by atomic mass is 16.5. The minimum Gasteiger partial charge on any atom is -0.490 e. The minimum atomic E-state index is -1.30. The molecule has 6 rings (SSSR count). The van der Waals surface area contributed by atoms with Gasteiger partial charge >= 0.3 is 5.97 Å². The molecule has 2 aliphatic heterocycles. The van der Waals surface area contributed by atoms with Gasteiger partial charge in [-0.15, -0.1) is 6.58 Å². The van der Waals surface area contributed by atoms with Gasteiger partial charge in [0.1, 0.15) is 23.9 Å². The number of ether oxygens (including phenoxy) is 2. The van der Waals surface area contributed by atoms with Crippen LogP contribution in [0, 0.1) is 47.3 Å². The van der Waals surface area contributed by atoms with Crippen molar-refractivity contribution in [3.63, 3.8) is 0 Å². The van der Waals surface area contributed by atoms with E-state index in [0.29, 0.717) is 29.1 Å². The van der Waals surface area contributed by atoms with Gasteiger partial charge in [-0.25, -0.2) is 0 Å². The monoisotopic (exact) mass is 480 g/mol. The first-order chi connectivity index (χ1) is 16.8. The van der Waals surface area contributed by atoms with Crippen LogP contribution in [0.1, 0.15) is 44.3 Å². The Bertz CT molecular complexity index is 999. The number of allylic oxidation sites excluding steroid dienone is 3. The number of rotatable bonds is 2. The van der Waals surface area contributed by atoms with Gasteiger partial charge in [-0.2, -0.15) is 0 Å². The topological polar surface area (TPSA) is 93.1 Å². The van der Waals surface area contributed by atoms with Gasteiger partial charge in [-0.05, 0) is 60.6 Å². The van der Waals surface area contributed by atoms with Crippen molar-refractivity contribution < 1.29 is 29.3 Å². The summed E-state index contributed by atoms with van der Waals surface area (Å²) in [6.07, 6.45) is 6.49. The summed E-state index contributed by atoms with van der Waals surface area (Å²) >= 11 is 0. The Kier molecular flexibility index (Phi) is 6.62. The van der Waals surface area contributed by atoms with Crippen LogP contribution in [0.2, 0.25) is 0 Å². The summed E-state index contributed by atoms with van der Waals surface area (Å²) in [5.41, 5.74) is 0.511. The summed E-state index contributed by atoms with van der Waals surface area (Å²) in [5, 5.41) is 21.6. The minimum absolute atomic E-state index is 0.106. The van der Waals surface area contributed by atoms with Crippen LogP contribution in [0.3, 0.4) is 0 Å². The number of methoxy groups -OCH3 is 1. The number of aliphatic hydroxyl groups is 2. The first-order valence-corrected chi connectivity index (χ1v) is 12.9. The molecule has 6 heteroatoms. The quantitative estimate of drug-likeness (QED) is 0.379. The Morgan fingerprint density at radius 2 is 1.86 bits per heavy atom. The lowest BCUT2D eigenvalue weighted by atomic mass is 9.65. The lowest BCUT2D eigenvalue weighted by molar-refractivity contribution is -0.154. The van der Waals surface area contributed by atoms with E-state index in [1.165, 1.54) is 7.11 Å². The molecule has 2 saturated carbocycles. The van der Waals surface area contributed by atoms with E-state index in [-0.39, 0.29) is 36.1 Å². The second-order valence-electron chi connectivity index (χ2n) is 11.0. The van der Waals surface area contributed by atoms with Gasteiger partial charge in [0.25, 0.3) is 0 Å². The molecule has 2 heterocycles. The van der Waals surface area contributed by atoms with Crippen LogP contribution < -0.4 is 4.74 Å². The summed E-state index contributed by atoms with van der Waals surface area (Å²) < 4.78 is 11.7. The Hall–Kier alpha value is -2.44. The smallest absolute Gasteiger partial charge is 0.316 e. The van der Waals surface area contributed by atoms with Gasteiger partial charge in [0.05, 0.1) is 13.2 Å². The SMILES string of the molecule is C=C[C@H]1C=C[C@H]2[C@@H]3C[C@H](C)CC[C@H]3[C@@H]3Oc4ccc(cc4)[C@@H](O)[C@@H](O)C[C@@H](C(=O)OC)C(=O)[C@@H]1[C@H]23. The number of hydrogen-bond donors (Lipinski definition) is 2. The number of carbonyl (C=O) groups is 2. The van der Waals surface area contributed by atoms with Crippen LogP contribution in [-0.2, 0) is 14.3 Å².